The predicted molar refractivity (Wildman–Crippen MR) is 141 cm³/mol. The van der Waals surface area contributed by atoms with E-state index in [1.807, 2.05) is 0 Å². The third-order valence-corrected chi connectivity index (χ3v) is 6.59. The third kappa shape index (κ3) is 5.28. The number of benzene rings is 2. The van der Waals surface area contributed by atoms with E-state index in [9.17, 15) is 19.7 Å². The van der Waals surface area contributed by atoms with Crippen LogP contribution in [0.2, 0.25) is 5.02 Å². The van der Waals surface area contributed by atoms with Crippen molar-refractivity contribution in [2.45, 2.75) is 32.0 Å². The highest BCUT2D eigenvalue weighted by atomic mass is 35.5. The van der Waals surface area contributed by atoms with Gasteiger partial charge in [0.2, 0.25) is 5.91 Å². The first-order valence-corrected chi connectivity index (χ1v) is 12.6. The maximum Gasteiger partial charge on any atom is 0.326 e. The molecule has 2 aromatic carbocycles. The van der Waals surface area contributed by atoms with Crippen LogP contribution in [0.25, 0.3) is 0 Å². The number of ether oxygens (including phenoxy) is 1. The minimum absolute atomic E-state index is 0.125. The standard InChI is InChI=1S/C26H25ClN6O6/c1-15(2)39-21-13-18(33(36)37)7-8-19(21)25-29-23(20-9-12-38-30-20)24(16-3-5-17(27)6-4-16)32(25)26(35)31-11-10-28-22(34)14-31/h3-9,12-13,15,23-24H,10-11,14H2,1-2H3,(H,28,34)/t23-,24+/m0/s1. The molecule has 0 radical (unpaired) electrons. The van der Waals surface area contributed by atoms with Gasteiger partial charge in [-0.05, 0) is 37.6 Å². The molecule has 2 aliphatic rings. The van der Waals surface area contributed by atoms with E-state index >= 15 is 0 Å². The van der Waals surface area contributed by atoms with E-state index in [0.717, 1.165) is 0 Å². The van der Waals surface area contributed by atoms with Crippen LogP contribution in [-0.4, -0.2) is 63.4 Å². The number of amidine groups is 1. The molecule has 0 spiro atoms. The zero-order chi connectivity index (χ0) is 27.7. The van der Waals surface area contributed by atoms with Crippen LogP contribution < -0.4 is 10.1 Å². The molecule has 202 valence electrons. The number of aliphatic imine (C=N–C) groups is 1. The number of halogens is 1. The van der Waals surface area contributed by atoms with E-state index in [2.05, 4.69) is 10.5 Å². The van der Waals surface area contributed by atoms with Crippen molar-refractivity contribution in [3.8, 4) is 5.75 Å². The summed E-state index contributed by atoms with van der Waals surface area (Å²) >= 11 is 6.16. The SMILES string of the molecule is CC(C)Oc1cc([N+](=O)[O-])ccc1C1=N[C@@H](c2ccon2)[C@@H](c2ccc(Cl)cc2)N1C(=O)N1CCNC(=O)C1. The Morgan fingerprint density at radius 1 is 1.23 bits per heavy atom. The number of hydrogen-bond acceptors (Lipinski definition) is 8. The van der Waals surface area contributed by atoms with Gasteiger partial charge < -0.3 is 19.5 Å². The fourth-order valence-electron chi connectivity index (χ4n) is 4.66. The number of rotatable bonds is 6. The summed E-state index contributed by atoms with van der Waals surface area (Å²) in [7, 11) is 0. The van der Waals surface area contributed by atoms with Gasteiger partial charge in [0.15, 0.2) is 0 Å². The summed E-state index contributed by atoms with van der Waals surface area (Å²) in [6.45, 7) is 4.07. The summed E-state index contributed by atoms with van der Waals surface area (Å²) in [6.07, 6.45) is 1.10. The molecule has 3 amide bonds. The van der Waals surface area contributed by atoms with Crippen molar-refractivity contribution in [2.24, 2.45) is 4.99 Å². The van der Waals surface area contributed by atoms with Crippen LogP contribution in [0.1, 0.15) is 42.8 Å². The highest BCUT2D eigenvalue weighted by Crippen LogP contribution is 2.45. The van der Waals surface area contributed by atoms with E-state index in [1.54, 1.807) is 44.2 Å². The number of hydrogen-bond donors (Lipinski definition) is 1. The Hall–Kier alpha value is -4.45. The van der Waals surface area contributed by atoms with Crippen LogP contribution >= 0.6 is 11.6 Å². The largest absolute Gasteiger partial charge is 0.490 e. The fraction of sp³-hybridized carbons (Fsp3) is 0.308. The third-order valence-electron chi connectivity index (χ3n) is 6.33. The number of amides is 3. The molecule has 39 heavy (non-hydrogen) atoms. The Morgan fingerprint density at radius 3 is 2.64 bits per heavy atom. The van der Waals surface area contributed by atoms with Crippen LogP contribution in [0, 0.1) is 10.1 Å². The Kier molecular flexibility index (Phi) is 7.20. The lowest BCUT2D eigenvalue weighted by Gasteiger charge is -2.35. The molecule has 0 unspecified atom stereocenters. The monoisotopic (exact) mass is 552 g/mol. The first-order chi connectivity index (χ1) is 18.7. The second-order valence-electron chi connectivity index (χ2n) is 9.35. The topological polar surface area (TPSA) is 143 Å². The van der Waals surface area contributed by atoms with E-state index in [1.165, 1.54) is 34.3 Å². The highest BCUT2D eigenvalue weighted by Gasteiger charge is 2.46. The Bertz CT molecular complexity index is 1430. The number of nitrogens with zero attached hydrogens (tertiary/aromatic N) is 5. The van der Waals surface area contributed by atoms with Crippen LogP contribution in [0.3, 0.4) is 0 Å². The number of carbonyl (C=O) groups is 2. The maximum absolute atomic E-state index is 14.2. The van der Waals surface area contributed by atoms with E-state index in [-0.39, 0.29) is 35.8 Å². The quantitative estimate of drug-likeness (QED) is 0.358. The van der Waals surface area contributed by atoms with Gasteiger partial charge in [-0.2, -0.15) is 0 Å². The van der Waals surface area contributed by atoms with E-state index < -0.39 is 23.0 Å². The van der Waals surface area contributed by atoms with Crippen molar-refractivity contribution in [1.82, 2.24) is 20.3 Å². The van der Waals surface area contributed by atoms with Crippen LogP contribution in [0.15, 0.2) is 64.3 Å². The molecule has 0 bridgehead atoms. The summed E-state index contributed by atoms with van der Waals surface area (Å²) < 4.78 is 11.1. The van der Waals surface area contributed by atoms with Gasteiger partial charge in [-0.15, -0.1) is 0 Å². The molecular weight excluding hydrogens is 528 g/mol. The number of nitro benzene ring substituents is 1. The smallest absolute Gasteiger partial charge is 0.326 e. The van der Waals surface area contributed by atoms with Gasteiger partial charge in [0.25, 0.3) is 5.69 Å². The number of aromatic nitrogens is 1. The summed E-state index contributed by atoms with van der Waals surface area (Å²) in [5, 5.41) is 18.9. The second-order valence-corrected chi connectivity index (χ2v) is 9.78. The number of piperazine rings is 1. The molecular formula is C26H25ClN6O6. The molecule has 1 saturated heterocycles. The normalized spacial score (nSPS) is 19.2. The molecule has 1 fully saturated rings. The Labute approximate surface area is 228 Å². The van der Waals surface area contributed by atoms with Crippen LogP contribution in [0.5, 0.6) is 5.75 Å². The fourth-order valence-corrected chi connectivity index (χ4v) is 4.78. The second kappa shape index (κ2) is 10.7. The molecule has 3 heterocycles. The minimum atomic E-state index is -0.693. The predicted octanol–water partition coefficient (Wildman–Crippen LogP) is 4.12. The Morgan fingerprint density at radius 2 is 2.00 bits per heavy atom. The van der Waals surface area contributed by atoms with Gasteiger partial charge in [-0.3, -0.25) is 24.8 Å². The number of non-ortho nitro benzene ring substituents is 1. The number of carbonyl (C=O) groups excluding carboxylic acids is 2. The number of urea groups is 1. The van der Waals surface area contributed by atoms with Gasteiger partial charge in [0, 0.05) is 30.2 Å². The van der Waals surface area contributed by atoms with Crippen molar-refractivity contribution in [2.75, 3.05) is 19.6 Å². The Balaban J connectivity index is 1.70. The zero-order valence-corrected chi connectivity index (χ0v) is 21.9. The molecule has 2 aliphatic heterocycles. The summed E-state index contributed by atoms with van der Waals surface area (Å²) in [5.74, 6) is 0.148. The van der Waals surface area contributed by atoms with Crippen molar-refractivity contribution in [1.29, 1.82) is 0 Å². The van der Waals surface area contributed by atoms with Crippen LogP contribution in [-0.2, 0) is 4.79 Å². The van der Waals surface area contributed by atoms with Gasteiger partial charge in [0.1, 0.15) is 36.1 Å². The minimum Gasteiger partial charge on any atom is -0.490 e. The molecule has 0 saturated carbocycles. The van der Waals surface area contributed by atoms with Crippen molar-refractivity contribution >= 4 is 35.1 Å². The summed E-state index contributed by atoms with van der Waals surface area (Å²) in [5.41, 5.74) is 1.41. The summed E-state index contributed by atoms with van der Waals surface area (Å²) in [6, 6.07) is 11.0. The van der Waals surface area contributed by atoms with Crippen molar-refractivity contribution < 1.29 is 23.8 Å². The molecule has 5 rings (SSSR count). The maximum atomic E-state index is 14.2. The molecule has 2 atom stereocenters. The lowest BCUT2D eigenvalue weighted by Crippen LogP contribution is -2.55. The van der Waals surface area contributed by atoms with E-state index in [4.69, 9.17) is 25.9 Å². The lowest BCUT2D eigenvalue weighted by atomic mass is 9.97. The van der Waals surface area contributed by atoms with E-state index in [0.29, 0.717) is 34.9 Å². The number of nitro groups is 1. The first kappa shape index (κ1) is 26.2. The highest BCUT2D eigenvalue weighted by molar-refractivity contribution is 6.30. The van der Waals surface area contributed by atoms with Crippen molar-refractivity contribution in [3.63, 3.8) is 0 Å². The molecule has 13 heteroatoms. The zero-order valence-electron chi connectivity index (χ0n) is 21.1. The number of nitrogens with one attached hydrogen (secondary N) is 1. The van der Waals surface area contributed by atoms with Gasteiger partial charge >= 0.3 is 6.03 Å². The molecule has 0 aliphatic carbocycles. The average molecular weight is 553 g/mol. The summed E-state index contributed by atoms with van der Waals surface area (Å²) in [4.78, 5) is 45.2. The molecule has 12 nitrogen and oxygen atoms in total. The van der Waals surface area contributed by atoms with Gasteiger partial charge in [0.05, 0.1) is 28.7 Å². The molecule has 3 aromatic rings. The lowest BCUT2D eigenvalue weighted by molar-refractivity contribution is -0.384. The average Bonchev–Trinajstić information content (AvgIpc) is 3.57. The van der Waals surface area contributed by atoms with Gasteiger partial charge in [-0.1, -0.05) is 28.9 Å². The van der Waals surface area contributed by atoms with Crippen LogP contribution in [0.4, 0.5) is 10.5 Å². The first-order valence-electron chi connectivity index (χ1n) is 12.3. The van der Waals surface area contributed by atoms with Crippen molar-refractivity contribution in [3.05, 3.63) is 86.8 Å². The van der Waals surface area contributed by atoms with Gasteiger partial charge in [-0.25, -0.2) is 4.79 Å². The molecule has 1 aromatic heterocycles. The molecule has 1 N–H and O–H groups in total.